The van der Waals surface area contributed by atoms with Gasteiger partial charge < -0.3 is 4.98 Å². The van der Waals surface area contributed by atoms with Crippen LogP contribution in [0.1, 0.15) is 50.3 Å². The van der Waals surface area contributed by atoms with Crippen LogP contribution in [0.5, 0.6) is 0 Å². The normalized spacial score (nSPS) is 10.5. The van der Waals surface area contributed by atoms with Gasteiger partial charge in [-0.05, 0) is 19.8 Å². The van der Waals surface area contributed by atoms with Crippen molar-refractivity contribution in [1.82, 2.24) is 9.97 Å². The summed E-state index contributed by atoms with van der Waals surface area (Å²) < 4.78 is 0. The SMILES string of the molecule is CCCCCCCc1c(C)nc[nH]c1=O. The van der Waals surface area contributed by atoms with Crippen LogP contribution in [0.2, 0.25) is 0 Å². The standard InChI is InChI=1S/C12H20N2O/c1-3-4-5-6-7-8-11-10(2)13-9-14-12(11)15/h9H,3-8H2,1-2H3,(H,13,14,15). The summed E-state index contributed by atoms with van der Waals surface area (Å²) in [5.41, 5.74) is 1.75. The lowest BCUT2D eigenvalue weighted by Crippen LogP contribution is -2.15. The molecule has 1 aromatic rings. The van der Waals surface area contributed by atoms with Gasteiger partial charge in [0.05, 0.1) is 6.33 Å². The molecule has 0 saturated heterocycles. The van der Waals surface area contributed by atoms with Gasteiger partial charge in [0.25, 0.3) is 5.56 Å². The van der Waals surface area contributed by atoms with Gasteiger partial charge in [0.1, 0.15) is 0 Å². The molecule has 1 aromatic heterocycles. The summed E-state index contributed by atoms with van der Waals surface area (Å²) in [6, 6.07) is 0. The first kappa shape index (κ1) is 12.0. The molecular weight excluding hydrogens is 188 g/mol. The highest BCUT2D eigenvalue weighted by molar-refractivity contribution is 5.14. The Kier molecular flexibility index (Phi) is 5.08. The van der Waals surface area contributed by atoms with E-state index < -0.39 is 0 Å². The summed E-state index contributed by atoms with van der Waals surface area (Å²) in [7, 11) is 0. The van der Waals surface area contributed by atoms with Gasteiger partial charge in [0.15, 0.2) is 0 Å². The molecule has 0 fully saturated rings. The van der Waals surface area contributed by atoms with E-state index in [0.717, 1.165) is 24.1 Å². The Bertz CT molecular complexity index is 344. The van der Waals surface area contributed by atoms with Crippen LogP contribution in [0.3, 0.4) is 0 Å². The minimum atomic E-state index is 0.0259. The van der Waals surface area contributed by atoms with Crippen LogP contribution in [-0.2, 0) is 6.42 Å². The monoisotopic (exact) mass is 208 g/mol. The third-order valence-electron chi connectivity index (χ3n) is 2.69. The van der Waals surface area contributed by atoms with E-state index in [-0.39, 0.29) is 5.56 Å². The molecule has 1 rings (SSSR count). The highest BCUT2D eigenvalue weighted by Crippen LogP contribution is 2.07. The molecule has 0 atom stereocenters. The Morgan fingerprint density at radius 2 is 2.00 bits per heavy atom. The predicted molar refractivity (Wildman–Crippen MR) is 62.1 cm³/mol. The zero-order valence-corrected chi connectivity index (χ0v) is 9.68. The van der Waals surface area contributed by atoms with Crippen molar-refractivity contribution >= 4 is 0 Å². The van der Waals surface area contributed by atoms with Gasteiger partial charge in [0.2, 0.25) is 0 Å². The minimum Gasteiger partial charge on any atom is -0.313 e. The van der Waals surface area contributed by atoms with E-state index in [1.807, 2.05) is 6.92 Å². The molecule has 3 nitrogen and oxygen atoms in total. The second-order valence-electron chi connectivity index (χ2n) is 3.96. The number of aryl methyl sites for hydroxylation is 1. The average molecular weight is 208 g/mol. The van der Waals surface area contributed by atoms with Crippen LogP contribution in [0.15, 0.2) is 11.1 Å². The fourth-order valence-corrected chi connectivity index (χ4v) is 1.72. The van der Waals surface area contributed by atoms with Gasteiger partial charge in [-0.1, -0.05) is 32.6 Å². The van der Waals surface area contributed by atoms with Gasteiger partial charge in [-0.25, -0.2) is 4.98 Å². The first-order chi connectivity index (χ1) is 7.25. The molecule has 15 heavy (non-hydrogen) atoms. The van der Waals surface area contributed by atoms with E-state index in [0.29, 0.717) is 0 Å². The molecule has 0 aliphatic carbocycles. The second-order valence-corrected chi connectivity index (χ2v) is 3.96. The summed E-state index contributed by atoms with van der Waals surface area (Å²) >= 11 is 0. The highest BCUT2D eigenvalue weighted by atomic mass is 16.1. The number of nitrogens with one attached hydrogen (secondary N) is 1. The third-order valence-corrected chi connectivity index (χ3v) is 2.69. The Labute approximate surface area is 91.0 Å². The van der Waals surface area contributed by atoms with Crippen molar-refractivity contribution in [3.8, 4) is 0 Å². The Hall–Kier alpha value is -1.12. The largest absolute Gasteiger partial charge is 0.313 e. The molecule has 0 radical (unpaired) electrons. The lowest BCUT2D eigenvalue weighted by molar-refractivity contribution is 0.628. The number of hydrogen-bond donors (Lipinski definition) is 1. The van der Waals surface area contributed by atoms with Crippen molar-refractivity contribution in [2.45, 2.75) is 52.4 Å². The average Bonchev–Trinajstić information content (AvgIpc) is 2.21. The van der Waals surface area contributed by atoms with Crippen LogP contribution in [0.4, 0.5) is 0 Å². The van der Waals surface area contributed by atoms with E-state index >= 15 is 0 Å². The van der Waals surface area contributed by atoms with Gasteiger partial charge in [-0.3, -0.25) is 4.79 Å². The number of aromatic amines is 1. The number of hydrogen-bond acceptors (Lipinski definition) is 2. The van der Waals surface area contributed by atoms with Crippen LogP contribution in [0.25, 0.3) is 0 Å². The molecule has 0 saturated carbocycles. The van der Waals surface area contributed by atoms with Crippen LogP contribution in [-0.4, -0.2) is 9.97 Å². The number of H-pyrrole nitrogens is 1. The molecule has 0 amide bonds. The number of nitrogens with zero attached hydrogens (tertiary/aromatic N) is 1. The molecule has 3 heteroatoms. The summed E-state index contributed by atoms with van der Waals surface area (Å²) in [4.78, 5) is 18.2. The molecule has 0 bridgehead atoms. The van der Waals surface area contributed by atoms with Gasteiger partial charge >= 0.3 is 0 Å². The van der Waals surface area contributed by atoms with Crippen LogP contribution < -0.4 is 5.56 Å². The fraction of sp³-hybridized carbons (Fsp3) is 0.667. The molecular formula is C12H20N2O. The maximum atomic E-state index is 11.5. The molecule has 0 aliphatic rings. The van der Waals surface area contributed by atoms with Crippen molar-refractivity contribution in [3.63, 3.8) is 0 Å². The molecule has 84 valence electrons. The lowest BCUT2D eigenvalue weighted by atomic mass is 10.1. The Morgan fingerprint density at radius 3 is 2.67 bits per heavy atom. The summed E-state index contributed by atoms with van der Waals surface area (Å²) in [6.07, 6.45) is 8.46. The fourth-order valence-electron chi connectivity index (χ4n) is 1.72. The molecule has 0 unspecified atom stereocenters. The van der Waals surface area contributed by atoms with E-state index in [1.165, 1.54) is 32.0 Å². The second kappa shape index (κ2) is 6.38. The lowest BCUT2D eigenvalue weighted by Gasteiger charge is -2.02. The van der Waals surface area contributed by atoms with Crippen molar-refractivity contribution in [2.24, 2.45) is 0 Å². The predicted octanol–water partition coefficient (Wildman–Crippen LogP) is 2.59. The van der Waals surface area contributed by atoms with E-state index in [2.05, 4.69) is 16.9 Å². The molecule has 0 aliphatic heterocycles. The molecule has 1 heterocycles. The topological polar surface area (TPSA) is 45.8 Å². The third kappa shape index (κ3) is 3.86. The van der Waals surface area contributed by atoms with Gasteiger partial charge in [-0.15, -0.1) is 0 Å². The summed E-state index contributed by atoms with van der Waals surface area (Å²) in [6.45, 7) is 4.10. The first-order valence-electron chi connectivity index (χ1n) is 5.79. The highest BCUT2D eigenvalue weighted by Gasteiger charge is 2.03. The van der Waals surface area contributed by atoms with Gasteiger partial charge in [-0.2, -0.15) is 0 Å². The van der Waals surface area contributed by atoms with E-state index in [1.54, 1.807) is 0 Å². The van der Waals surface area contributed by atoms with Crippen molar-refractivity contribution < 1.29 is 0 Å². The van der Waals surface area contributed by atoms with Crippen molar-refractivity contribution in [1.29, 1.82) is 0 Å². The van der Waals surface area contributed by atoms with E-state index in [4.69, 9.17) is 0 Å². The van der Waals surface area contributed by atoms with E-state index in [9.17, 15) is 4.79 Å². The zero-order chi connectivity index (χ0) is 11.1. The van der Waals surface area contributed by atoms with Gasteiger partial charge in [0, 0.05) is 11.3 Å². The van der Waals surface area contributed by atoms with Crippen LogP contribution >= 0.6 is 0 Å². The van der Waals surface area contributed by atoms with Crippen molar-refractivity contribution in [2.75, 3.05) is 0 Å². The zero-order valence-electron chi connectivity index (χ0n) is 9.68. The molecule has 1 N–H and O–H groups in total. The molecule has 0 spiro atoms. The minimum absolute atomic E-state index is 0.0259. The van der Waals surface area contributed by atoms with Crippen molar-refractivity contribution in [3.05, 3.63) is 27.9 Å². The first-order valence-corrected chi connectivity index (χ1v) is 5.79. The summed E-state index contributed by atoms with van der Waals surface area (Å²) in [5, 5.41) is 0. The Morgan fingerprint density at radius 1 is 1.27 bits per heavy atom. The maximum absolute atomic E-state index is 11.5. The number of unbranched alkanes of at least 4 members (excludes halogenated alkanes) is 4. The Balaban J connectivity index is 2.40. The number of rotatable bonds is 6. The maximum Gasteiger partial charge on any atom is 0.254 e. The quantitative estimate of drug-likeness (QED) is 0.730. The van der Waals surface area contributed by atoms with Crippen LogP contribution in [0, 0.1) is 6.92 Å². The smallest absolute Gasteiger partial charge is 0.254 e. The summed E-state index contributed by atoms with van der Waals surface area (Å²) in [5.74, 6) is 0. The number of aromatic nitrogens is 2. The molecule has 0 aromatic carbocycles.